The van der Waals surface area contributed by atoms with Crippen molar-refractivity contribution in [1.82, 2.24) is 5.32 Å². The van der Waals surface area contributed by atoms with Crippen LogP contribution in [0.5, 0.6) is 11.5 Å². The van der Waals surface area contributed by atoms with Gasteiger partial charge in [-0.2, -0.15) is 0 Å². The molecule has 26 heavy (non-hydrogen) atoms. The van der Waals surface area contributed by atoms with Gasteiger partial charge in [0.15, 0.2) is 11.5 Å². The SMILES string of the molecule is CC(NC(=O)CC1CCCCC1)C(=O)Nc1cc2c(cc1Cl)OCCO2. The molecule has 0 radical (unpaired) electrons. The molecule has 1 fully saturated rings. The summed E-state index contributed by atoms with van der Waals surface area (Å²) < 4.78 is 11.0. The Bertz CT molecular complexity index is 674. The van der Waals surface area contributed by atoms with Crippen molar-refractivity contribution in [2.45, 2.75) is 51.5 Å². The van der Waals surface area contributed by atoms with Crippen molar-refractivity contribution in [2.24, 2.45) is 5.92 Å². The average Bonchev–Trinajstić information content (AvgIpc) is 2.63. The van der Waals surface area contributed by atoms with E-state index in [0.717, 1.165) is 12.8 Å². The molecule has 0 bridgehead atoms. The van der Waals surface area contributed by atoms with Gasteiger partial charge in [-0.15, -0.1) is 0 Å². The zero-order valence-corrected chi connectivity index (χ0v) is 15.7. The maximum absolute atomic E-state index is 12.4. The highest BCUT2D eigenvalue weighted by Crippen LogP contribution is 2.38. The smallest absolute Gasteiger partial charge is 0.246 e. The van der Waals surface area contributed by atoms with Crippen molar-refractivity contribution >= 4 is 29.1 Å². The largest absolute Gasteiger partial charge is 0.486 e. The lowest BCUT2D eigenvalue weighted by atomic mass is 9.87. The summed E-state index contributed by atoms with van der Waals surface area (Å²) in [5.41, 5.74) is 0.439. The Labute approximate surface area is 158 Å². The molecular weight excluding hydrogens is 356 g/mol. The molecule has 1 unspecified atom stereocenters. The molecule has 0 spiro atoms. The highest BCUT2D eigenvalue weighted by molar-refractivity contribution is 6.34. The van der Waals surface area contributed by atoms with Crippen LogP contribution < -0.4 is 20.1 Å². The van der Waals surface area contributed by atoms with Gasteiger partial charge < -0.3 is 20.1 Å². The van der Waals surface area contributed by atoms with E-state index in [1.165, 1.54) is 19.3 Å². The van der Waals surface area contributed by atoms with Crippen LogP contribution in [-0.4, -0.2) is 31.1 Å². The molecule has 6 nitrogen and oxygen atoms in total. The molecule has 1 aliphatic heterocycles. The van der Waals surface area contributed by atoms with Crippen LogP contribution in [-0.2, 0) is 9.59 Å². The Morgan fingerprint density at radius 2 is 1.81 bits per heavy atom. The van der Waals surface area contributed by atoms with Crippen molar-refractivity contribution in [2.75, 3.05) is 18.5 Å². The van der Waals surface area contributed by atoms with Gasteiger partial charge in [-0.1, -0.05) is 30.9 Å². The minimum absolute atomic E-state index is 0.0761. The lowest BCUT2D eigenvalue weighted by Gasteiger charge is -2.22. The second-order valence-electron chi connectivity index (χ2n) is 6.96. The minimum Gasteiger partial charge on any atom is -0.486 e. The Morgan fingerprint density at radius 3 is 2.50 bits per heavy atom. The highest BCUT2D eigenvalue weighted by atomic mass is 35.5. The molecule has 1 saturated carbocycles. The first-order valence-electron chi connectivity index (χ1n) is 9.22. The molecule has 1 aromatic rings. The Hall–Kier alpha value is -1.95. The van der Waals surface area contributed by atoms with E-state index in [2.05, 4.69) is 10.6 Å². The molecule has 2 N–H and O–H groups in total. The van der Waals surface area contributed by atoms with Gasteiger partial charge in [0.2, 0.25) is 11.8 Å². The van der Waals surface area contributed by atoms with Gasteiger partial charge in [0, 0.05) is 18.6 Å². The first-order valence-corrected chi connectivity index (χ1v) is 9.60. The van der Waals surface area contributed by atoms with Crippen LogP contribution in [0.2, 0.25) is 5.02 Å². The second kappa shape index (κ2) is 8.62. The van der Waals surface area contributed by atoms with Crippen LogP contribution in [0.3, 0.4) is 0 Å². The lowest BCUT2D eigenvalue weighted by Crippen LogP contribution is -2.42. The van der Waals surface area contributed by atoms with Gasteiger partial charge in [-0.3, -0.25) is 9.59 Å². The third kappa shape index (κ3) is 4.81. The number of anilines is 1. The van der Waals surface area contributed by atoms with E-state index in [4.69, 9.17) is 21.1 Å². The van der Waals surface area contributed by atoms with E-state index in [9.17, 15) is 9.59 Å². The van der Waals surface area contributed by atoms with Gasteiger partial charge in [-0.05, 0) is 25.7 Å². The Kier molecular flexibility index (Phi) is 6.25. The number of ether oxygens (including phenoxy) is 2. The van der Waals surface area contributed by atoms with Crippen LogP contribution in [0, 0.1) is 5.92 Å². The Balaban J connectivity index is 1.54. The first-order chi connectivity index (χ1) is 12.5. The molecule has 0 aromatic heterocycles. The number of fused-ring (bicyclic) bond motifs is 1. The van der Waals surface area contributed by atoms with Crippen LogP contribution in [0.15, 0.2) is 12.1 Å². The standard InChI is InChI=1S/C19H25ClN2O4/c1-12(21-18(23)9-13-5-3-2-4-6-13)19(24)22-15-11-17-16(10-14(15)20)25-7-8-26-17/h10-13H,2-9H2,1H3,(H,21,23)(H,22,24). The van der Waals surface area contributed by atoms with Crippen LogP contribution in [0.25, 0.3) is 0 Å². The normalized spacial score (nSPS) is 18.1. The maximum Gasteiger partial charge on any atom is 0.246 e. The van der Waals surface area contributed by atoms with Crippen LogP contribution in [0.1, 0.15) is 45.4 Å². The van der Waals surface area contributed by atoms with E-state index < -0.39 is 6.04 Å². The molecule has 1 aliphatic carbocycles. The van der Waals surface area contributed by atoms with Crippen molar-refractivity contribution in [3.63, 3.8) is 0 Å². The molecule has 3 rings (SSSR count). The van der Waals surface area contributed by atoms with Crippen LogP contribution >= 0.6 is 11.6 Å². The molecule has 142 valence electrons. The molecular formula is C19H25ClN2O4. The Morgan fingerprint density at radius 1 is 1.15 bits per heavy atom. The van der Waals surface area contributed by atoms with Gasteiger partial charge >= 0.3 is 0 Å². The maximum atomic E-state index is 12.4. The molecule has 2 aliphatic rings. The zero-order chi connectivity index (χ0) is 18.5. The summed E-state index contributed by atoms with van der Waals surface area (Å²) in [6.45, 7) is 2.59. The van der Waals surface area contributed by atoms with E-state index in [0.29, 0.717) is 47.8 Å². The molecule has 0 saturated heterocycles. The van der Waals surface area contributed by atoms with E-state index in [1.54, 1.807) is 19.1 Å². The molecule has 2 amide bonds. The fourth-order valence-corrected chi connectivity index (χ4v) is 3.62. The number of amides is 2. The summed E-state index contributed by atoms with van der Waals surface area (Å²) in [4.78, 5) is 24.6. The van der Waals surface area contributed by atoms with Gasteiger partial charge in [-0.25, -0.2) is 0 Å². The molecule has 1 heterocycles. The first kappa shape index (κ1) is 18.8. The number of nitrogens with one attached hydrogen (secondary N) is 2. The third-order valence-corrected chi connectivity index (χ3v) is 5.17. The quantitative estimate of drug-likeness (QED) is 0.819. The van der Waals surface area contributed by atoms with Crippen molar-refractivity contribution < 1.29 is 19.1 Å². The van der Waals surface area contributed by atoms with E-state index in [1.807, 2.05) is 0 Å². The van der Waals surface area contributed by atoms with Crippen molar-refractivity contribution in [3.05, 3.63) is 17.2 Å². The van der Waals surface area contributed by atoms with Crippen LogP contribution in [0.4, 0.5) is 5.69 Å². The number of carbonyl (C=O) groups excluding carboxylic acids is 2. The number of carbonyl (C=O) groups is 2. The number of halogens is 1. The summed E-state index contributed by atoms with van der Waals surface area (Å²) in [5, 5.41) is 5.89. The monoisotopic (exact) mass is 380 g/mol. The number of hydrogen-bond donors (Lipinski definition) is 2. The summed E-state index contributed by atoms with van der Waals surface area (Å²) in [6.07, 6.45) is 6.32. The number of rotatable bonds is 5. The molecule has 1 atom stereocenters. The van der Waals surface area contributed by atoms with E-state index in [-0.39, 0.29) is 11.8 Å². The summed E-state index contributed by atoms with van der Waals surface area (Å²) >= 11 is 6.21. The summed E-state index contributed by atoms with van der Waals surface area (Å²) in [7, 11) is 0. The number of hydrogen-bond acceptors (Lipinski definition) is 4. The van der Waals surface area contributed by atoms with Gasteiger partial charge in [0.05, 0.1) is 10.7 Å². The average molecular weight is 381 g/mol. The van der Waals surface area contributed by atoms with E-state index >= 15 is 0 Å². The predicted octanol–water partition coefficient (Wildman–Crippen LogP) is 3.52. The number of benzene rings is 1. The van der Waals surface area contributed by atoms with Crippen molar-refractivity contribution in [1.29, 1.82) is 0 Å². The predicted molar refractivity (Wildman–Crippen MR) is 99.9 cm³/mol. The molecule has 7 heteroatoms. The fourth-order valence-electron chi connectivity index (χ4n) is 3.42. The van der Waals surface area contributed by atoms with Gasteiger partial charge in [0.25, 0.3) is 0 Å². The fraction of sp³-hybridized carbons (Fsp3) is 0.579. The second-order valence-corrected chi connectivity index (χ2v) is 7.37. The topological polar surface area (TPSA) is 76.7 Å². The molecule has 1 aromatic carbocycles. The third-order valence-electron chi connectivity index (χ3n) is 4.86. The highest BCUT2D eigenvalue weighted by Gasteiger charge is 2.22. The lowest BCUT2D eigenvalue weighted by molar-refractivity contribution is -0.126. The minimum atomic E-state index is -0.643. The summed E-state index contributed by atoms with van der Waals surface area (Å²) in [6, 6.07) is 2.62. The van der Waals surface area contributed by atoms with Gasteiger partial charge in [0.1, 0.15) is 19.3 Å². The summed E-state index contributed by atoms with van der Waals surface area (Å²) in [5.74, 6) is 1.15. The zero-order valence-electron chi connectivity index (χ0n) is 15.0. The van der Waals surface area contributed by atoms with Crippen molar-refractivity contribution in [3.8, 4) is 11.5 Å².